The van der Waals surface area contributed by atoms with Crippen molar-refractivity contribution in [1.82, 2.24) is 0 Å². The van der Waals surface area contributed by atoms with Gasteiger partial charge in [-0.15, -0.1) is 0 Å². The lowest BCUT2D eigenvalue weighted by molar-refractivity contribution is 0.126. The number of nitrogens with one attached hydrogen (secondary N) is 1. The average Bonchev–Trinajstić information content (AvgIpc) is 1.89. The number of hydrogen-bond donors (Lipinski definition) is 1. The molecule has 0 aromatic rings. The molecule has 54 valence electrons. The Balaban J connectivity index is 2.66. The lowest BCUT2D eigenvalue weighted by Gasteiger charge is -1.97. The number of rotatable bonds is 6. The number of ether oxygens (including phenoxy) is 2. The Labute approximate surface area is 55.5 Å². The molecular formula is C6H13NO2. The normalized spacial score (nSPS) is 9.44. The molecule has 3 heteroatoms. The summed E-state index contributed by atoms with van der Waals surface area (Å²) < 4.78 is 9.75. The third-order valence-corrected chi connectivity index (χ3v) is 0.838. The highest BCUT2D eigenvalue weighted by molar-refractivity contribution is 5.53. The summed E-state index contributed by atoms with van der Waals surface area (Å²) >= 11 is 0. The Kier molecular flexibility index (Phi) is 7.24. The fourth-order valence-electron chi connectivity index (χ4n) is 0.448. The molecule has 0 unspecified atom stereocenters. The van der Waals surface area contributed by atoms with Crippen molar-refractivity contribution in [2.24, 2.45) is 0 Å². The highest BCUT2D eigenvalue weighted by Crippen LogP contribution is 1.80. The Hall–Kier alpha value is -0.410. The third kappa shape index (κ3) is 7.59. The van der Waals surface area contributed by atoms with Crippen molar-refractivity contribution in [3.05, 3.63) is 0 Å². The number of hydrogen-bond acceptors (Lipinski definition) is 3. The van der Waals surface area contributed by atoms with Gasteiger partial charge in [-0.3, -0.25) is 0 Å². The minimum absolute atomic E-state index is 0.420. The molecule has 3 nitrogen and oxygen atoms in total. The fraction of sp³-hybridized carbons (Fsp3) is 0.833. The summed E-state index contributed by atoms with van der Waals surface area (Å²) in [4.78, 5) is 0. The van der Waals surface area contributed by atoms with E-state index in [-0.39, 0.29) is 0 Å². The van der Waals surface area contributed by atoms with E-state index in [0.717, 1.165) is 13.0 Å². The quantitative estimate of drug-likeness (QED) is 0.425. The highest BCUT2D eigenvalue weighted by Gasteiger charge is 1.83. The van der Waals surface area contributed by atoms with Crippen molar-refractivity contribution in [2.75, 3.05) is 26.9 Å². The molecule has 0 bridgehead atoms. The predicted molar refractivity (Wildman–Crippen MR) is 36.1 cm³/mol. The minimum atomic E-state index is 0.420. The van der Waals surface area contributed by atoms with E-state index in [1.165, 1.54) is 6.21 Å². The molecule has 0 heterocycles. The van der Waals surface area contributed by atoms with Crippen molar-refractivity contribution in [2.45, 2.75) is 6.42 Å². The van der Waals surface area contributed by atoms with Crippen LogP contribution in [0.15, 0.2) is 0 Å². The van der Waals surface area contributed by atoms with Crippen LogP contribution in [-0.4, -0.2) is 33.1 Å². The van der Waals surface area contributed by atoms with Gasteiger partial charge in [-0.05, 0) is 6.42 Å². The maximum atomic E-state index is 6.60. The summed E-state index contributed by atoms with van der Waals surface area (Å²) in [5, 5.41) is 6.60. The molecule has 0 amide bonds. The maximum absolute atomic E-state index is 6.60. The largest absolute Gasteiger partial charge is 0.385 e. The van der Waals surface area contributed by atoms with Crippen LogP contribution < -0.4 is 0 Å². The van der Waals surface area contributed by atoms with Gasteiger partial charge in [-0.25, -0.2) is 0 Å². The van der Waals surface area contributed by atoms with Gasteiger partial charge < -0.3 is 14.9 Å². The first kappa shape index (κ1) is 8.59. The molecule has 0 aromatic heterocycles. The summed E-state index contributed by atoms with van der Waals surface area (Å²) in [6.07, 6.45) is 2.15. The van der Waals surface area contributed by atoms with Gasteiger partial charge in [-0.2, -0.15) is 0 Å². The fourth-order valence-corrected chi connectivity index (χ4v) is 0.448. The van der Waals surface area contributed by atoms with Crippen molar-refractivity contribution < 1.29 is 9.47 Å². The first-order chi connectivity index (χ1) is 4.41. The molecule has 0 saturated heterocycles. The molecule has 0 aromatic carbocycles. The van der Waals surface area contributed by atoms with Gasteiger partial charge in [0.05, 0.1) is 6.61 Å². The minimum Gasteiger partial charge on any atom is -0.385 e. The molecule has 0 spiro atoms. The Morgan fingerprint density at radius 1 is 1.44 bits per heavy atom. The van der Waals surface area contributed by atoms with E-state index in [1.807, 2.05) is 0 Å². The van der Waals surface area contributed by atoms with E-state index in [1.54, 1.807) is 7.11 Å². The molecule has 0 atom stereocenters. The van der Waals surface area contributed by atoms with Crippen LogP contribution in [0.5, 0.6) is 0 Å². The standard InChI is InChI=1S/C6H13NO2/c1-8-4-2-5-9-6-3-7/h3,7H,2,4-6H2,1H3. The van der Waals surface area contributed by atoms with Crippen LogP contribution in [-0.2, 0) is 9.47 Å². The van der Waals surface area contributed by atoms with E-state index < -0.39 is 0 Å². The zero-order chi connectivity index (χ0) is 6.95. The first-order valence-electron chi connectivity index (χ1n) is 2.97. The van der Waals surface area contributed by atoms with Crippen LogP contribution in [0.2, 0.25) is 0 Å². The van der Waals surface area contributed by atoms with Gasteiger partial charge in [-0.1, -0.05) is 0 Å². The summed E-state index contributed by atoms with van der Waals surface area (Å²) in [7, 11) is 1.66. The van der Waals surface area contributed by atoms with Crippen molar-refractivity contribution in [3.8, 4) is 0 Å². The molecule has 0 rings (SSSR count). The summed E-state index contributed by atoms with van der Waals surface area (Å²) in [6.45, 7) is 1.84. The Bertz CT molecular complexity index is 66.1. The topological polar surface area (TPSA) is 42.3 Å². The van der Waals surface area contributed by atoms with Gasteiger partial charge in [0.15, 0.2) is 0 Å². The second-order valence-electron chi connectivity index (χ2n) is 1.63. The third-order valence-electron chi connectivity index (χ3n) is 0.838. The number of methoxy groups -OCH3 is 1. The van der Waals surface area contributed by atoms with Gasteiger partial charge in [0, 0.05) is 26.5 Å². The Morgan fingerprint density at radius 2 is 2.22 bits per heavy atom. The van der Waals surface area contributed by atoms with Crippen LogP contribution >= 0.6 is 0 Å². The van der Waals surface area contributed by atoms with Crippen LogP contribution in [0.1, 0.15) is 6.42 Å². The maximum Gasteiger partial charge on any atom is 0.0811 e. The van der Waals surface area contributed by atoms with Crippen LogP contribution in [0.4, 0.5) is 0 Å². The zero-order valence-corrected chi connectivity index (χ0v) is 5.72. The van der Waals surface area contributed by atoms with E-state index in [2.05, 4.69) is 0 Å². The average molecular weight is 131 g/mol. The van der Waals surface area contributed by atoms with Crippen molar-refractivity contribution in [3.63, 3.8) is 0 Å². The predicted octanol–water partition coefficient (Wildman–Crippen LogP) is 0.689. The molecule has 0 radical (unpaired) electrons. The van der Waals surface area contributed by atoms with E-state index in [0.29, 0.717) is 13.2 Å². The summed E-state index contributed by atoms with van der Waals surface area (Å²) in [5.41, 5.74) is 0. The monoisotopic (exact) mass is 131 g/mol. The van der Waals surface area contributed by atoms with Crippen LogP contribution in [0, 0.1) is 5.41 Å². The van der Waals surface area contributed by atoms with Crippen LogP contribution in [0.3, 0.4) is 0 Å². The second kappa shape index (κ2) is 7.59. The lowest BCUT2D eigenvalue weighted by Crippen LogP contribution is -2.00. The molecule has 0 aliphatic rings. The van der Waals surface area contributed by atoms with Gasteiger partial charge in [0.25, 0.3) is 0 Å². The van der Waals surface area contributed by atoms with Gasteiger partial charge in [0.1, 0.15) is 0 Å². The van der Waals surface area contributed by atoms with E-state index >= 15 is 0 Å². The lowest BCUT2D eigenvalue weighted by atomic mass is 10.5. The van der Waals surface area contributed by atoms with E-state index in [4.69, 9.17) is 14.9 Å². The van der Waals surface area contributed by atoms with Crippen molar-refractivity contribution in [1.29, 1.82) is 5.41 Å². The van der Waals surface area contributed by atoms with Crippen LogP contribution in [0.25, 0.3) is 0 Å². The first-order valence-corrected chi connectivity index (χ1v) is 2.97. The molecule has 0 fully saturated rings. The van der Waals surface area contributed by atoms with Gasteiger partial charge >= 0.3 is 0 Å². The highest BCUT2D eigenvalue weighted by atomic mass is 16.5. The molecular weight excluding hydrogens is 118 g/mol. The zero-order valence-electron chi connectivity index (χ0n) is 5.72. The van der Waals surface area contributed by atoms with Gasteiger partial charge in [0.2, 0.25) is 0 Å². The molecule has 0 aliphatic carbocycles. The SMILES string of the molecule is COCCCOCC=N. The van der Waals surface area contributed by atoms with Crippen molar-refractivity contribution >= 4 is 6.21 Å². The molecule has 0 aliphatic heterocycles. The summed E-state index contributed by atoms with van der Waals surface area (Å²) in [6, 6.07) is 0. The summed E-state index contributed by atoms with van der Waals surface area (Å²) in [5.74, 6) is 0. The molecule has 9 heavy (non-hydrogen) atoms. The smallest absolute Gasteiger partial charge is 0.0811 e. The van der Waals surface area contributed by atoms with E-state index in [9.17, 15) is 0 Å². The second-order valence-corrected chi connectivity index (χ2v) is 1.63. The molecule has 0 saturated carbocycles. The molecule has 1 N–H and O–H groups in total. The Morgan fingerprint density at radius 3 is 2.78 bits per heavy atom.